The van der Waals surface area contributed by atoms with Gasteiger partial charge in [-0.25, -0.2) is 4.79 Å². The van der Waals surface area contributed by atoms with Gasteiger partial charge in [0.15, 0.2) is 0 Å². The van der Waals surface area contributed by atoms with Gasteiger partial charge in [0.25, 0.3) is 0 Å². The van der Waals surface area contributed by atoms with E-state index < -0.39 is 5.41 Å². The molecule has 0 aliphatic carbocycles. The van der Waals surface area contributed by atoms with Crippen molar-refractivity contribution in [2.24, 2.45) is 10.6 Å². The van der Waals surface area contributed by atoms with Crippen molar-refractivity contribution in [3.8, 4) is 0 Å². The highest BCUT2D eigenvalue weighted by Gasteiger charge is 2.43. The lowest BCUT2D eigenvalue weighted by Gasteiger charge is -2.19. The van der Waals surface area contributed by atoms with E-state index >= 15 is 0 Å². The van der Waals surface area contributed by atoms with Gasteiger partial charge in [-0.05, 0) is 25.8 Å². The minimum Gasteiger partial charge on any atom is -0.317 e. The molecule has 1 atom stereocenters. The van der Waals surface area contributed by atoms with Gasteiger partial charge in [-0.2, -0.15) is 0 Å². The Morgan fingerprint density at radius 1 is 1.33 bits per heavy atom. The molecule has 0 saturated heterocycles. The van der Waals surface area contributed by atoms with E-state index in [2.05, 4.69) is 5.16 Å². The molecule has 1 heterocycles. The predicted molar refractivity (Wildman–Crippen MR) is 57.5 cm³/mol. The Morgan fingerprint density at radius 2 is 2.00 bits per heavy atom. The number of hydrogen-bond donors (Lipinski definition) is 0. The summed E-state index contributed by atoms with van der Waals surface area (Å²) in [5.41, 5.74) is 1.27. The van der Waals surface area contributed by atoms with Crippen LogP contribution in [0.3, 0.4) is 0 Å². The van der Waals surface area contributed by atoms with E-state index in [1.54, 1.807) is 0 Å². The van der Waals surface area contributed by atoms with Crippen molar-refractivity contribution in [2.75, 3.05) is 0 Å². The maximum Gasteiger partial charge on any atom is 0.346 e. The molecule has 3 heteroatoms. The third-order valence-corrected chi connectivity index (χ3v) is 2.92. The van der Waals surface area contributed by atoms with Gasteiger partial charge in [-0.1, -0.05) is 35.5 Å². The first-order chi connectivity index (χ1) is 7.13. The normalized spacial score (nSPS) is 24.9. The van der Waals surface area contributed by atoms with Gasteiger partial charge in [-0.15, -0.1) is 0 Å². The van der Waals surface area contributed by atoms with Crippen LogP contribution in [0.1, 0.15) is 19.4 Å². The zero-order valence-electron chi connectivity index (χ0n) is 8.86. The summed E-state index contributed by atoms with van der Waals surface area (Å²) in [5, 5.41) is 3.73. The first kappa shape index (κ1) is 9.90. The smallest absolute Gasteiger partial charge is 0.317 e. The molecule has 0 unspecified atom stereocenters. The highest BCUT2D eigenvalue weighted by Crippen LogP contribution is 2.30. The molecule has 3 nitrogen and oxygen atoms in total. The summed E-state index contributed by atoms with van der Waals surface area (Å²) < 4.78 is 0. The molecule has 0 aromatic heterocycles. The predicted octanol–water partition coefficient (Wildman–Crippen LogP) is 2.17. The zero-order valence-corrected chi connectivity index (χ0v) is 8.86. The molecule has 0 radical (unpaired) electrons. The molecule has 0 bridgehead atoms. The Balaban J connectivity index is 2.25. The molecule has 2 rings (SSSR count). The van der Waals surface area contributed by atoms with Crippen molar-refractivity contribution in [3.05, 3.63) is 35.9 Å². The van der Waals surface area contributed by atoms with E-state index in [0.29, 0.717) is 6.42 Å². The van der Waals surface area contributed by atoms with Crippen molar-refractivity contribution in [1.82, 2.24) is 0 Å². The molecular formula is C12H13NO2. The average molecular weight is 203 g/mol. The summed E-state index contributed by atoms with van der Waals surface area (Å²) in [4.78, 5) is 16.3. The summed E-state index contributed by atoms with van der Waals surface area (Å²) in [6.45, 7) is 3.70. The van der Waals surface area contributed by atoms with Crippen molar-refractivity contribution in [1.29, 1.82) is 0 Å². The Hall–Kier alpha value is -1.64. The highest BCUT2D eigenvalue weighted by molar-refractivity contribution is 6.08. The Kier molecular flexibility index (Phi) is 2.31. The van der Waals surface area contributed by atoms with Crippen LogP contribution in [-0.2, 0) is 16.1 Å². The topological polar surface area (TPSA) is 38.7 Å². The zero-order chi connectivity index (χ0) is 10.9. The van der Waals surface area contributed by atoms with Crippen molar-refractivity contribution < 1.29 is 9.63 Å². The van der Waals surface area contributed by atoms with E-state index in [9.17, 15) is 4.79 Å². The van der Waals surface area contributed by atoms with Gasteiger partial charge in [0.2, 0.25) is 0 Å². The van der Waals surface area contributed by atoms with Crippen molar-refractivity contribution >= 4 is 11.7 Å². The van der Waals surface area contributed by atoms with Crippen LogP contribution in [0.5, 0.6) is 0 Å². The Labute approximate surface area is 88.7 Å². The standard InChI is InChI=1S/C12H13NO2/c1-9-12(2,11(14)15-13-9)8-10-6-4-3-5-7-10/h3-7H,8H2,1-2H3/t12-/m0/s1. The first-order valence-electron chi connectivity index (χ1n) is 4.93. The largest absolute Gasteiger partial charge is 0.346 e. The second kappa shape index (κ2) is 3.50. The van der Waals surface area contributed by atoms with Crippen LogP contribution in [0, 0.1) is 5.41 Å². The van der Waals surface area contributed by atoms with Crippen LogP contribution >= 0.6 is 0 Å². The molecule has 0 fully saturated rings. The molecular weight excluding hydrogens is 190 g/mol. The number of nitrogens with zero attached hydrogens (tertiary/aromatic N) is 1. The van der Waals surface area contributed by atoms with E-state index in [0.717, 1.165) is 11.3 Å². The molecule has 1 aliphatic rings. The van der Waals surface area contributed by atoms with Gasteiger partial charge in [0.1, 0.15) is 5.41 Å². The molecule has 1 aromatic rings. The fraction of sp³-hybridized carbons (Fsp3) is 0.333. The quantitative estimate of drug-likeness (QED) is 0.691. The van der Waals surface area contributed by atoms with Crippen LogP contribution in [0.2, 0.25) is 0 Å². The number of carbonyl (C=O) groups is 1. The van der Waals surface area contributed by atoms with E-state index in [1.807, 2.05) is 44.2 Å². The van der Waals surface area contributed by atoms with Crippen LogP contribution in [0.25, 0.3) is 0 Å². The maximum absolute atomic E-state index is 11.6. The summed E-state index contributed by atoms with van der Waals surface area (Å²) in [6.07, 6.45) is 0.641. The third kappa shape index (κ3) is 1.65. The average Bonchev–Trinajstić information content (AvgIpc) is 2.48. The molecule has 1 aliphatic heterocycles. The van der Waals surface area contributed by atoms with Gasteiger partial charge in [-0.3, -0.25) is 0 Å². The van der Waals surface area contributed by atoms with Gasteiger partial charge >= 0.3 is 5.97 Å². The summed E-state index contributed by atoms with van der Waals surface area (Å²) in [5.74, 6) is -0.260. The number of rotatable bonds is 2. The van der Waals surface area contributed by atoms with Gasteiger partial charge in [0, 0.05) is 0 Å². The highest BCUT2D eigenvalue weighted by atomic mass is 16.7. The Morgan fingerprint density at radius 3 is 2.53 bits per heavy atom. The van der Waals surface area contributed by atoms with E-state index in [-0.39, 0.29) is 5.97 Å². The third-order valence-electron chi connectivity index (χ3n) is 2.92. The SMILES string of the molecule is CC1=NOC(=O)[C@@]1(C)Cc1ccccc1. The van der Waals surface area contributed by atoms with Gasteiger partial charge in [0.05, 0.1) is 5.71 Å². The molecule has 0 spiro atoms. The number of benzene rings is 1. The minimum atomic E-state index is -0.596. The number of carbonyl (C=O) groups excluding carboxylic acids is 1. The van der Waals surface area contributed by atoms with Crippen LogP contribution in [-0.4, -0.2) is 11.7 Å². The molecule has 0 N–H and O–H groups in total. The molecule has 78 valence electrons. The molecule has 0 saturated carbocycles. The maximum atomic E-state index is 11.6. The second-order valence-electron chi connectivity index (χ2n) is 4.05. The molecule has 0 amide bonds. The monoisotopic (exact) mass is 203 g/mol. The fourth-order valence-electron chi connectivity index (χ4n) is 1.66. The van der Waals surface area contributed by atoms with Crippen LogP contribution in [0.4, 0.5) is 0 Å². The number of hydrogen-bond acceptors (Lipinski definition) is 3. The van der Waals surface area contributed by atoms with Crippen molar-refractivity contribution in [2.45, 2.75) is 20.3 Å². The molecule has 1 aromatic carbocycles. The van der Waals surface area contributed by atoms with E-state index in [1.165, 1.54) is 0 Å². The fourth-order valence-corrected chi connectivity index (χ4v) is 1.66. The molecule has 15 heavy (non-hydrogen) atoms. The van der Waals surface area contributed by atoms with E-state index in [4.69, 9.17) is 4.84 Å². The Bertz CT molecular complexity index is 411. The summed E-state index contributed by atoms with van der Waals surface area (Å²) >= 11 is 0. The lowest BCUT2D eigenvalue weighted by atomic mass is 9.80. The second-order valence-corrected chi connectivity index (χ2v) is 4.05. The van der Waals surface area contributed by atoms with Crippen LogP contribution < -0.4 is 0 Å². The number of oxime groups is 1. The minimum absolute atomic E-state index is 0.260. The van der Waals surface area contributed by atoms with Crippen LogP contribution in [0.15, 0.2) is 35.5 Å². The summed E-state index contributed by atoms with van der Waals surface area (Å²) in [7, 11) is 0. The summed E-state index contributed by atoms with van der Waals surface area (Å²) in [6, 6.07) is 9.89. The lowest BCUT2D eigenvalue weighted by molar-refractivity contribution is -0.147. The first-order valence-corrected chi connectivity index (χ1v) is 4.93. The van der Waals surface area contributed by atoms with Gasteiger partial charge < -0.3 is 4.84 Å². The lowest BCUT2D eigenvalue weighted by Crippen LogP contribution is -2.32. The van der Waals surface area contributed by atoms with Crippen molar-refractivity contribution in [3.63, 3.8) is 0 Å².